The van der Waals surface area contributed by atoms with Gasteiger partial charge in [0.05, 0.1) is 56.3 Å². The molecule has 1 aliphatic rings. The van der Waals surface area contributed by atoms with E-state index in [4.69, 9.17) is 18.9 Å². The Kier molecular flexibility index (Phi) is 13.1. The molecule has 0 spiro atoms. The van der Waals surface area contributed by atoms with Crippen LogP contribution in [0.2, 0.25) is 0 Å². The number of rotatable bonds is 15. The summed E-state index contributed by atoms with van der Waals surface area (Å²) in [5, 5.41) is 7.19. The summed E-state index contributed by atoms with van der Waals surface area (Å²) >= 11 is 0. The fourth-order valence-electron chi connectivity index (χ4n) is 6.71. The number of aromatic nitrogens is 2. The van der Waals surface area contributed by atoms with Crippen molar-refractivity contribution in [2.45, 2.75) is 45.4 Å². The van der Waals surface area contributed by atoms with Crippen LogP contribution in [0.3, 0.4) is 0 Å². The molecule has 14 nitrogen and oxygen atoms in total. The van der Waals surface area contributed by atoms with Gasteiger partial charge in [-0.25, -0.2) is 18.2 Å². The Morgan fingerprint density at radius 3 is 2.29 bits per heavy atom. The summed E-state index contributed by atoms with van der Waals surface area (Å²) in [5.41, 5.74) is 2.86. The lowest BCUT2D eigenvalue weighted by atomic mass is 9.86. The molecule has 1 saturated heterocycles. The molecule has 58 heavy (non-hydrogen) atoms. The SMILES string of the molecule is COc1cc(Cc2nccc(Oc3ccc(NC(=O)Nc4cc(C(C)(C)C)cc(NS(C)(=O)=O)c4OC)c4ccccc34)n2)ccc1C(=O)CCCN1CCOCC1. The van der Waals surface area contributed by atoms with Gasteiger partial charge in [0.2, 0.25) is 15.9 Å². The van der Waals surface area contributed by atoms with Crippen molar-refractivity contribution >= 4 is 49.7 Å². The quantitative estimate of drug-likeness (QED) is 0.0889. The first kappa shape index (κ1) is 41.9. The van der Waals surface area contributed by atoms with E-state index in [0.717, 1.165) is 62.0 Å². The highest BCUT2D eigenvalue weighted by atomic mass is 32.2. The van der Waals surface area contributed by atoms with Gasteiger partial charge in [0.15, 0.2) is 11.5 Å². The predicted molar refractivity (Wildman–Crippen MR) is 225 cm³/mol. The number of methoxy groups -OCH3 is 2. The number of fused-ring (bicyclic) bond motifs is 1. The number of morpholine rings is 1. The van der Waals surface area contributed by atoms with E-state index in [-0.39, 0.29) is 22.6 Å². The molecule has 1 aromatic heterocycles. The number of carbonyl (C=O) groups is 2. The van der Waals surface area contributed by atoms with Crippen molar-refractivity contribution in [3.63, 3.8) is 0 Å². The summed E-state index contributed by atoms with van der Waals surface area (Å²) in [6, 6.07) is 21.1. The molecule has 2 heterocycles. The molecule has 5 aromatic rings. The maximum atomic E-state index is 13.5. The third-order valence-corrected chi connectivity index (χ3v) is 10.2. The number of benzene rings is 4. The maximum absolute atomic E-state index is 13.5. The van der Waals surface area contributed by atoms with Crippen molar-refractivity contribution in [3.05, 3.63) is 102 Å². The minimum Gasteiger partial charge on any atom is -0.496 e. The zero-order valence-electron chi connectivity index (χ0n) is 33.7. The number of hydrogen-bond acceptors (Lipinski definition) is 11. The Labute approximate surface area is 339 Å². The number of amides is 2. The summed E-state index contributed by atoms with van der Waals surface area (Å²) in [7, 11) is -0.675. The molecule has 2 amide bonds. The number of nitrogens with one attached hydrogen (secondary N) is 3. The van der Waals surface area contributed by atoms with Gasteiger partial charge in [-0.2, -0.15) is 4.98 Å². The largest absolute Gasteiger partial charge is 0.496 e. The van der Waals surface area contributed by atoms with E-state index in [2.05, 4.69) is 30.2 Å². The van der Waals surface area contributed by atoms with Gasteiger partial charge in [0.1, 0.15) is 17.3 Å². The monoisotopic (exact) mass is 810 g/mol. The van der Waals surface area contributed by atoms with Crippen LogP contribution in [-0.4, -0.2) is 88.4 Å². The zero-order valence-corrected chi connectivity index (χ0v) is 34.5. The van der Waals surface area contributed by atoms with Crippen LogP contribution >= 0.6 is 0 Å². The van der Waals surface area contributed by atoms with Gasteiger partial charge < -0.3 is 29.6 Å². The first-order valence-electron chi connectivity index (χ1n) is 19.0. The van der Waals surface area contributed by atoms with E-state index in [1.807, 2.05) is 57.2 Å². The molecule has 0 unspecified atom stereocenters. The minimum absolute atomic E-state index is 0.0431. The molecule has 1 fully saturated rings. The lowest BCUT2D eigenvalue weighted by molar-refractivity contribution is 0.0371. The Hall–Kier alpha value is -5.77. The van der Waals surface area contributed by atoms with E-state index in [1.54, 1.807) is 49.7 Å². The number of nitrogens with zero attached hydrogens (tertiary/aromatic N) is 3. The molecule has 0 radical (unpaired) electrons. The van der Waals surface area contributed by atoms with Gasteiger partial charge >= 0.3 is 6.03 Å². The summed E-state index contributed by atoms with van der Waals surface area (Å²) in [6.07, 6.45) is 4.27. The van der Waals surface area contributed by atoms with E-state index < -0.39 is 16.1 Å². The van der Waals surface area contributed by atoms with Crippen molar-refractivity contribution in [2.24, 2.45) is 0 Å². The second-order valence-corrected chi connectivity index (χ2v) is 16.8. The first-order valence-corrected chi connectivity index (χ1v) is 20.9. The van der Waals surface area contributed by atoms with E-state index in [9.17, 15) is 18.0 Å². The molecule has 15 heteroatoms. The van der Waals surface area contributed by atoms with Crippen molar-refractivity contribution in [2.75, 3.05) is 68.7 Å². The van der Waals surface area contributed by atoms with E-state index in [0.29, 0.717) is 58.4 Å². The molecule has 0 aliphatic carbocycles. The molecule has 0 saturated carbocycles. The summed E-state index contributed by atoms with van der Waals surface area (Å²) < 4.78 is 49.7. The number of hydrogen-bond donors (Lipinski definition) is 3. The van der Waals surface area contributed by atoms with Crippen LogP contribution in [0.25, 0.3) is 10.8 Å². The first-order chi connectivity index (χ1) is 27.7. The normalized spacial score (nSPS) is 13.5. The predicted octanol–water partition coefficient (Wildman–Crippen LogP) is 7.64. The van der Waals surface area contributed by atoms with Crippen molar-refractivity contribution in [3.8, 4) is 23.1 Å². The maximum Gasteiger partial charge on any atom is 0.323 e. The number of Topliss-reactive ketones (excluding diaryl/α,β-unsaturated/α-hetero) is 1. The van der Waals surface area contributed by atoms with Crippen molar-refractivity contribution in [1.82, 2.24) is 14.9 Å². The van der Waals surface area contributed by atoms with E-state index in [1.165, 1.54) is 7.11 Å². The van der Waals surface area contributed by atoms with Crippen LogP contribution < -0.4 is 29.6 Å². The second kappa shape index (κ2) is 18.2. The van der Waals surface area contributed by atoms with Gasteiger partial charge in [-0.3, -0.25) is 14.4 Å². The third-order valence-electron chi connectivity index (χ3n) is 9.64. The Balaban J connectivity index is 1.15. The van der Waals surface area contributed by atoms with Crippen LogP contribution in [-0.2, 0) is 26.6 Å². The smallest absolute Gasteiger partial charge is 0.323 e. The molecule has 0 bridgehead atoms. The second-order valence-electron chi connectivity index (χ2n) is 15.1. The molecular formula is C43H50N6O8S. The molecule has 306 valence electrons. The molecule has 6 rings (SSSR count). The van der Waals surface area contributed by atoms with Crippen molar-refractivity contribution in [1.29, 1.82) is 0 Å². The fourth-order valence-corrected chi connectivity index (χ4v) is 7.26. The highest BCUT2D eigenvalue weighted by Crippen LogP contribution is 2.40. The Bertz CT molecular complexity index is 2390. The lowest BCUT2D eigenvalue weighted by Crippen LogP contribution is -2.36. The minimum atomic E-state index is -3.64. The van der Waals surface area contributed by atoms with Crippen LogP contribution in [0.5, 0.6) is 23.1 Å². The van der Waals surface area contributed by atoms with Gasteiger partial charge in [-0.1, -0.05) is 51.1 Å². The van der Waals surface area contributed by atoms with E-state index >= 15 is 0 Å². The molecule has 0 atom stereocenters. The Morgan fingerprint density at radius 1 is 0.862 bits per heavy atom. The van der Waals surface area contributed by atoms with Crippen LogP contribution in [0, 0.1) is 0 Å². The standard InChI is InChI=1S/C43H50N6O8S/c1-43(2,3)29-26-34(41(55-5)35(27-29)48-58(6,52)53)46-42(51)45-33-15-16-37(31-11-8-7-10-30(31)33)57-40-17-18-44-39(47-40)25-28-13-14-32(38(24-28)54-4)36(50)12-9-19-49-20-22-56-23-21-49/h7-8,10-11,13-18,24,26-27,48H,9,12,19-23,25H2,1-6H3,(H2,45,46,51). The highest BCUT2D eigenvalue weighted by molar-refractivity contribution is 7.92. The average Bonchev–Trinajstić information content (AvgIpc) is 3.18. The number of ketones is 1. The number of ether oxygens (including phenoxy) is 4. The lowest BCUT2D eigenvalue weighted by Gasteiger charge is -2.26. The van der Waals surface area contributed by atoms with Crippen molar-refractivity contribution < 1.29 is 37.0 Å². The average molecular weight is 811 g/mol. The molecule has 1 aliphatic heterocycles. The highest BCUT2D eigenvalue weighted by Gasteiger charge is 2.23. The topological polar surface area (TPSA) is 170 Å². The number of urea groups is 1. The summed E-state index contributed by atoms with van der Waals surface area (Å²) in [6.45, 7) is 10.1. The number of anilines is 3. The number of sulfonamides is 1. The molecule has 4 aromatic carbocycles. The zero-order chi connectivity index (χ0) is 41.5. The van der Waals surface area contributed by atoms with Gasteiger partial charge in [-0.05, 0) is 65.9 Å². The van der Waals surface area contributed by atoms with Crippen LogP contribution in [0.4, 0.5) is 21.9 Å². The summed E-state index contributed by atoms with van der Waals surface area (Å²) in [5.74, 6) is 2.09. The van der Waals surface area contributed by atoms with Crippen LogP contribution in [0.1, 0.15) is 60.9 Å². The van der Waals surface area contributed by atoms with Crippen LogP contribution in [0.15, 0.2) is 79.0 Å². The fraction of sp³-hybridized carbons (Fsp3) is 0.349. The molecule has 3 N–H and O–H groups in total. The molecular weight excluding hydrogens is 761 g/mol. The Morgan fingerprint density at radius 2 is 1.59 bits per heavy atom. The van der Waals surface area contributed by atoms with Gasteiger partial charge in [0.25, 0.3) is 0 Å². The van der Waals surface area contributed by atoms with Gasteiger partial charge in [-0.15, -0.1) is 0 Å². The van der Waals surface area contributed by atoms with Gasteiger partial charge in [0, 0.05) is 49.0 Å². The third kappa shape index (κ3) is 10.8. The summed E-state index contributed by atoms with van der Waals surface area (Å²) in [4.78, 5) is 38.1. The number of carbonyl (C=O) groups excluding carboxylic acids is 2.